The van der Waals surface area contributed by atoms with Gasteiger partial charge in [-0.1, -0.05) is 159 Å². The molecule has 0 aliphatic heterocycles. The molecule has 0 spiro atoms. The van der Waals surface area contributed by atoms with Crippen molar-refractivity contribution in [2.45, 2.75) is 180 Å². The summed E-state index contributed by atoms with van der Waals surface area (Å²) in [6.45, 7) is 4.14. The van der Waals surface area contributed by atoms with Crippen LogP contribution in [0.3, 0.4) is 0 Å². The average molecular weight is 752 g/mol. The van der Waals surface area contributed by atoms with E-state index in [4.69, 9.17) is 24.3 Å². The minimum atomic E-state index is -4.31. The van der Waals surface area contributed by atoms with Crippen LogP contribution in [0.1, 0.15) is 174 Å². The number of unbranched alkanes of at least 4 members (excludes halogenated alkanes) is 18. The van der Waals surface area contributed by atoms with Gasteiger partial charge in [0.2, 0.25) is 0 Å². The maximum Gasteiger partial charge on any atom is 0.472 e. The van der Waals surface area contributed by atoms with Crippen LogP contribution < -0.4 is 5.73 Å². The van der Waals surface area contributed by atoms with E-state index >= 15 is 0 Å². The van der Waals surface area contributed by atoms with Crippen LogP contribution in [-0.2, 0) is 27.9 Å². The van der Waals surface area contributed by atoms with Gasteiger partial charge in [-0.25, -0.2) is 4.57 Å². The van der Waals surface area contributed by atoms with E-state index < -0.39 is 19.9 Å². The van der Waals surface area contributed by atoms with E-state index in [1.54, 1.807) is 6.26 Å². The lowest BCUT2D eigenvalue weighted by molar-refractivity contribution is -0.153. The van der Waals surface area contributed by atoms with Crippen molar-refractivity contribution in [1.29, 1.82) is 0 Å². The summed E-state index contributed by atoms with van der Waals surface area (Å²) >= 11 is 0. The molecule has 0 aromatic heterocycles. The summed E-state index contributed by atoms with van der Waals surface area (Å²) in [5, 5.41) is 0. The molecule has 0 aromatic rings. The van der Waals surface area contributed by atoms with Crippen LogP contribution in [0, 0.1) is 0 Å². The number of ether oxygens (including phenoxy) is 2. The Hall–Kier alpha value is -1.96. The van der Waals surface area contributed by atoms with Gasteiger partial charge in [-0.05, 0) is 63.9 Å². The molecule has 0 bridgehead atoms. The molecule has 0 aliphatic carbocycles. The Balaban J connectivity index is 4.21. The molecule has 3 N–H and O–H groups in total. The number of rotatable bonds is 39. The molecule has 52 heavy (non-hydrogen) atoms. The van der Waals surface area contributed by atoms with Gasteiger partial charge in [0.05, 0.1) is 19.5 Å². The second-order valence-corrected chi connectivity index (χ2v) is 15.0. The highest BCUT2D eigenvalue weighted by Gasteiger charge is 2.25. The molecular formula is C43H78NO7P. The Bertz CT molecular complexity index is 979. The van der Waals surface area contributed by atoms with Gasteiger partial charge in [-0.3, -0.25) is 13.8 Å². The summed E-state index contributed by atoms with van der Waals surface area (Å²) in [6.07, 6.45) is 49.1. The van der Waals surface area contributed by atoms with Crippen LogP contribution in [-0.4, -0.2) is 43.3 Å². The Morgan fingerprint density at radius 3 is 1.58 bits per heavy atom. The zero-order valence-electron chi connectivity index (χ0n) is 33.3. The van der Waals surface area contributed by atoms with Crippen LogP contribution >= 0.6 is 7.82 Å². The Morgan fingerprint density at radius 1 is 0.596 bits per heavy atom. The lowest BCUT2D eigenvalue weighted by Gasteiger charge is -2.19. The van der Waals surface area contributed by atoms with Crippen LogP contribution in [0.4, 0.5) is 0 Å². The molecule has 1 unspecified atom stereocenters. The number of carbonyl (C=O) groups is 1. The zero-order valence-corrected chi connectivity index (χ0v) is 34.2. The van der Waals surface area contributed by atoms with E-state index in [0.29, 0.717) is 6.42 Å². The minimum Gasteiger partial charge on any atom is -0.498 e. The number of esters is 1. The first-order chi connectivity index (χ1) is 25.4. The minimum absolute atomic E-state index is 0.00897. The fraction of sp³-hybridized carbons (Fsp3) is 0.744. The largest absolute Gasteiger partial charge is 0.498 e. The first-order valence-corrected chi connectivity index (χ1v) is 22.3. The molecule has 302 valence electrons. The number of phosphoric ester groups is 1. The van der Waals surface area contributed by atoms with Crippen LogP contribution in [0.5, 0.6) is 0 Å². The fourth-order valence-corrected chi connectivity index (χ4v) is 6.19. The van der Waals surface area contributed by atoms with E-state index in [1.807, 2.05) is 6.08 Å². The van der Waals surface area contributed by atoms with Gasteiger partial charge in [0.25, 0.3) is 0 Å². The van der Waals surface area contributed by atoms with Crippen LogP contribution in [0.15, 0.2) is 60.9 Å². The highest BCUT2D eigenvalue weighted by atomic mass is 31.2. The molecule has 2 atom stereocenters. The van der Waals surface area contributed by atoms with Crippen LogP contribution in [0.2, 0.25) is 0 Å². The summed E-state index contributed by atoms with van der Waals surface area (Å²) in [7, 11) is -4.31. The van der Waals surface area contributed by atoms with Crippen LogP contribution in [0.25, 0.3) is 0 Å². The molecule has 9 heteroatoms. The first kappa shape index (κ1) is 50.0. The summed E-state index contributed by atoms with van der Waals surface area (Å²) in [4.78, 5) is 22.4. The fourth-order valence-electron chi connectivity index (χ4n) is 5.42. The topological polar surface area (TPSA) is 117 Å². The molecule has 0 heterocycles. The lowest BCUT2D eigenvalue weighted by atomic mass is 10.0. The van der Waals surface area contributed by atoms with Gasteiger partial charge in [-0.2, -0.15) is 0 Å². The van der Waals surface area contributed by atoms with Gasteiger partial charge in [0.15, 0.2) is 6.10 Å². The van der Waals surface area contributed by atoms with E-state index in [9.17, 15) is 14.3 Å². The number of hydrogen-bond donors (Lipinski definition) is 2. The first-order valence-electron chi connectivity index (χ1n) is 20.8. The van der Waals surface area contributed by atoms with Crippen molar-refractivity contribution in [3.63, 3.8) is 0 Å². The zero-order chi connectivity index (χ0) is 38.1. The van der Waals surface area contributed by atoms with Crippen molar-refractivity contribution in [3.8, 4) is 0 Å². The van der Waals surface area contributed by atoms with Crippen molar-refractivity contribution < 1.29 is 32.8 Å². The second kappa shape index (κ2) is 40.2. The molecule has 0 amide bonds. The number of allylic oxidation sites excluding steroid dienone is 9. The second-order valence-electron chi connectivity index (χ2n) is 13.6. The molecule has 8 nitrogen and oxygen atoms in total. The summed E-state index contributed by atoms with van der Waals surface area (Å²) in [5.41, 5.74) is 5.35. The maximum atomic E-state index is 12.5. The number of phosphoric acid groups is 1. The van der Waals surface area contributed by atoms with E-state index in [-0.39, 0.29) is 32.8 Å². The predicted molar refractivity (Wildman–Crippen MR) is 219 cm³/mol. The smallest absolute Gasteiger partial charge is 0.472 e. The summed E-state index contributed by atoms with van der Waals surface area (Å²) in [6, 6.07) is 0. The molecule has 0 aliphatic rings. The van der Waals surface area contributed by atoms with E-state index in [1.165, 1.54) is 109 Å². The highest BCUT2D eigenvalue weighted by Crippen LogP contribution is 2.43. The van der Waals surface area contributed by atoms with Crippen molar-refractivity contribution in [2.24, 2.45) is 5.73 Å². The Labute approximate surface area is 319 Å². The lowest BCUT2D eigenvalue weighted by Crippen LogP contribution is -2.27. The molecule has 0 saturated carbocycles. The average Bonchev–Trinajstić information content (AvgIpc) is 3.13. The van der Waals surface area contributed by atoms with E-state index in [0.717, 1.165) is 38.5 Å². The number of hydrogen-bond acceptors (Lipinski definition) is 7. The van der Waals surface area contributed by atoms with Gasteiger partial charge in [0.1, 0.15) is 6.61 Å². The number of carbonyl (C=O) groups excluding carboxylic acids is 1. The SMILES string of the molecule is CCCCC/C=C\C/C=C\C/C=C\C/C=C\CCCC(=O)O[C@H](CO/C=C\CCCCCCCCCCCCCCCC)COP(=O)(O)OCCN. The van der Waals surface area contributed by atoms with Crippen molar-refractivity contribution in [3.05, 3.63) is 60.9 Å². The predicted octanol–water partition coefficient (Wildman–Crippen LogP) is 12.5. The molecule has 0 aromatic carbocycles. The van der Waals surface area contributed by atoms with Gasteiger partial charge in [-0.15, -0.1) is 0 Å². The van der Waals surface area contributed by atoms with Crippen molar-refractivity contribution in [1.82, 2.24) is 0 Å². The van der Waals surface area contributed by atoms with Crippen molar-refractivity contribution in [2.75, 3.05) is 26.4 Å². The molecule has 0 saturated heterocycles. The summed E-state index contributed by atoms with van der Waals surface area (Å²) in [5.74, 6) is -0.407. The monoisotopic (exact) mass is 752 g/mol. The maximum absolute atomic E-state index is 12.5. The van der Waals surface area contributed by atoms with E-state index in [2.05, 4.69) is 62.5 Å². The highest BCUT2D eigenvalue weighted by molar-refractivity contribution is 7.47. The molecule has 0 rings (SSSR count). The molecular weight excluding hydrogens is 673 g/mol. The molecule has 0 radical (unpaired) electrons. The van der Waals surface area contributed by atoms with Gasteiger partial charge >= 0.3 is 13.8 Å². The van der Waals surface area contributed by atoms with Gasteiger partial charge in [0, 0.05) is 13.0 Å². The number of nitrogens with two attached hydrogens (primary N) is 1. The van der Waals surface area contributed by atoms with Crippen molar-refractivity contribution >= 4 is 13.8 Å². The Kier molecular flexibility index (Phi) is 38.7. The third-order valence-electron chi connectivity index (χ3n) is 8.50. The van der Waals surface area contributed by atoms with Gasteiger partial charge < -0.3 is 20.1 Å². The Morgan fingerprint density at radius 2 is 1.04 bits per heavy atom. The molecule has 0 fully saturated rings. The third kappa shape index (κ3) is 39.3. The normalized spacial score (nSPS) is 14.1. The standard InChI is InChI=1S/C43H78NO7P/c1-3-5-7-9-11-13-15-17-19-21-22-24-26-28-30-32-34-36-43(45)51-42(41-50-52(46,47)49-39-37-44)40-48-38-35-33-31-29-27-25-23-20-18-16-14-12-10-8-6-4-2/h11,13,17,19,22,24,28,30,35,38,42H,3-10,12,14-16,18,20-21,23,25-27,29,31-34,36-37,39-41,44H2,1-2H3,(H,46,47)/b13-11-,19-17-,24-22-,30-28-,38-35-/t42-/m1/s1. The summed E-state index contributed by atoms with van der Waals surface area (Å²) < 4.78 is 33.1. The quantitative estimate of drug-likeness (QED) is 0.0210. The third-order valence-corrected chi connectivity index (χ3v) is 9.49.